The van der Waals surface area contributed by atoms with Crippen molar-refractivity contribution >= 4 is 56.7 Å². The van der Waals surface area contributed by atoms with Gasteiger partial charge < -0.3 is 42.3 Å². The molecule has 1 aromatic carbocycles. The topological polar surface area (TPSA) is 237 Å². The Bertz CT molecular complexity index is 1720. The number of imidazole rings is 1. The average Bonchev–Trinajstić information content (AvgIpc) is 3.54. The Balaban J connectivity index is 1.78. The van der Waals surface area contributed by atoms with Gasteiger partial charge in [-0.2, -0.15) is 5.26 Å². The number of thiophene rings is 1. The van der Waals surface area contributed by atoms with E-state index in [1.165, 1.54) is 13.4 Å². The van der Waals surface area contributed by atoms with Crippen LogP contribution >= 0.6 is 11.3 Å². The number of nitrogens with one attached hydrogen (secondary N) is 3. The highest BCUT2D eigenvalue weighted by Crippen LogP contribution is 2.43. The third kappa shape index (κ3) is 6.18. The molecule has 15 heteroatoms. The summed E-state index contributed by atoms with van der Waals surface area (Å²) in [6.07, 6.45) is 2.33. The lowest BCUT2D eigenvalue weighted by Gasteiger charge is -2.23. The molecule has 0 spiro atoms. The molecule has 3 heterocycles. The summed E-state index contributed by atoms with van der Waals surface area (Å²) in [6, 6.07) is 5.75. The minimum atomic E-state index is -1.08. The first-order valence-corrected chi connectivity index (χ1v) is 13.3. The third-order valence-corrected chi connectivity index (χ3v) is 7.08. The van der Waals surface area contributed by atoms with Crippen LogP contribution in [-0.4, -0.2) is 51.6 Å². The standard InChI is InChI=1S/C27H29N9O5S/c1-27(2,3)41-26(39)35-16(8-13-10-32-11-33-13)24(38)34-15-7-12(5-6-17(15)40-4)18-14(9-28)22(30)36-25-19(18)20(29)21(42-25)23(31)37/h5-7,10-11,16H,8,29H2,1-4H3,(H2,30,36)(H2,31,37)(H,32,33)(H,34,38)(H,35,39)/t16-/m0/s1. The van der Waals surface area contributed by atoms with E-state index in [9.17, 15) is 19.6 Å². The van der Waals surface area contributed by atoms with E-state index in [-0.39, 0.29) is 39.8 Å². The van der Waals surface area contributed by atoms with Crippen molar-refractivity contribution < 1.29 is 23.9 Å². The molecule has 4 rings (SSSR count). The largest absolute Gasteiger partial charge is 0.495 e. The van der Waals surface area contributed by atoms with Crippen LogP contribution in [0.15, 0.2) is 30.7 Å². The molecule has 4 aromatic rings. The Kier molecular flexibility index (Phi) is 8.20. The molecule has 1 atom stereocenters. The van der Waals surface area contributed by atoms with E-state index in [1.807, 2.05) is 6.07 Å². The van der Waals surface area contributed by atoms with Crippen LogP contribution in [0, 0.1) is 11.3 Å². The van der Waals surface area contributed by atoms with Crippen LogP contribution in [0.2, 0.25) is 0 Å². The average molecular weight is 592 g/mol. The Morgan fingerprint density at radius 3 is 2.57 bits per heavy atom. The van der Waals surface area contributed by atoms with Crippen LogP contribution in [0.4, 0.5) is 22.0 Å². The number of hydrogen-bond acceptors (Lipinski definition) is 11. The monoisotopic (exact) mass is 591 g/mol. The van der Waals surface area contributed by atoms with Crippen molar-refractivity contribution in [3.05, 3.63) is 46.9 Å². The second kappa shape index (κ2) is 11.6. The van der Waals surface area contributed by atoms with Crippen molar-refractivity contribution in [3.8, 4) is 22.9 Å². The number of amides is 3. The normalized spacial score (nSPS) is 11.9. The Labute approximate surface area is 244 Å². The van der Waals surface area contributed by atoms with Crippen LogP contribution < -0.4 is 32.6 Å². The summed E-state index contributed by atoms with van der Waals surface area (Å²) >= 11 is 0.957. The maximum Gasteiger partial charge on any atom is 0.408 e. The van der Waals surface area contributed by atoms with Crippen LogP contribution in [0.25, 0.3) is 21.3 Å². The Morgan fingerprint density at radius 1 is 1.24 bits per heavy atom. The van der Waals surface area contributed by atoms with Gasteiger partial charge in [0.2, 0.25) is 5.91 Å². The number of aromatic amines is 1. The van der Waals surface area contributed by atoms with Gasteiger partial charge in [-0.15, -0.1) is 11.3 Å². The molecule has 9 N–H and O–H groups in total. The van der Waals surface area contributed by atoms with Gasteiger partial charge in [-0.3, -0.25) is 9.59 Å². The summed E-state index contributed by atoms with van der Waals surface area (Å²) < 4.78 is 10.8. The number of nitrogen functional groups attached to an aromatic ring is 2. The first-order chi connectivity index (χ1) is 19.8. The van der Waals surface area contributed by atoms with Crippen molar-refractivity contribution in [1.29, 1.82) is 5.26 Å². The zero-order chi connectivity index (χ0) is 30.8. The number of fused-ring (bicyclic) bond motifs is 1. The molecular formula is C27H29N9O5S. The van der Waals surface area contributed by atoms with Crippen molar-refractivity contribution in [2.24, 2.45) is 5.73 Å². The van der Waals surface area contributed by atoms with Crippen molar-refractivity contribution in [3.63, 3.8) is 0 Å². The van der Waals surface area contributed by atoms with E-state index < -0.39 is 29.6 Å². The summed E-state index contributed by atoms with van der Waals surface area (Å²) in [5.41, 5.74) is 18.6. The van der Waals surface area contributed by atoms with Crippen LogP contribution in [-0.2, 0) is 16.0 Å². The van der Waals surface area contributed by atoms with Crippen LogP contribution in [0.5, 0.6) is 5.75 Å². The number of rotatable bonds is 8. The van der Waals surface area contributed by atoms with Crippen molar-refractivity contribution in [2.75, 3.05) is 23.9 Å². The first-order valence-electron chi connectivity index (χ1n) is 12.5. The molecule has 0 fully saturated rings. The number of carbonyl (C=O) groups excluding carboxylic acids is 3. The molecule has 0 saturated carbocycles. The maximum atomic E-state index is 13.6. The molecule has 3 aromatic heterocycles. The number of aromatic nitrogens is 3. The molecule has 0 aliphatic carbocycles. The fourth-order valence-corrected chi connectivity index (χ4v) is 5.17. The minimum absolute atomic E-state index is 0.0217. The summed E-state index contributed by atoms with van der Waals surface area (Å²) in [5, 5.41) is 15.6. The highest BCUT2D eigenvalue weighted by atomic mass is 32.1. The summed E-state index contributed by atoms with van der Waals surface area (Å²) in [6.45, 7) is 5.12. The van der Waals surface area contributed by atoms with E-state index in [4.69, 9.17) is 26.7 Å². The lowest BCUT2D eigenvalue weighted by Crippen LogP contribution is -2.47. The number of primary amides is 1. The van der Waals surface area contributed by atoms with E-state index in [0.29, 0.717) is 27.0 Å². The van der Waals surface area contributed by atoms with E-state index in [1.54, 1.807) is 45.2 Å². The predicted molar refractivity (Wildman–Crippen MR) is 158 cm³/mol. The van der Waals surface area contributed by atoms with Gasteiger partial charge >= 0.3 is 6.09 Å². The molecule has 42 heavy (non-hydrogen) atoms. The number of alkyl carbamates (subject to hydrolysis) is 1. The smallest absolute Gasteiger partial charge is 0.408 e. The van der Waals surface area contributed by atoms with Gasteiger partial charge in [-0.1, -0.05) is 6.07 Å². The van der Waals surface area contributed by atoms with Gasteiger partial charge in [0.1, 0.15) is 44.6 Å². The SMILES string of the molecule is COc1ccc(-c2c(C#N)c(N)nc3sc(C(N)=O)c(N)c23)cc1NC(=O)[C@H](Cc1c[nH]cn1)NC(=O)OC(C)(C)C. The van der Waals surface area contributed by atoms with Gasteiger partial charge in [0, 0.05) is 23.6 Å². The van der Waals surface area contributed by atoms with Gasteiger partial charge in [0.05, 0.1) is 30.5 Å². The molecule has 0 bridgehead atoms. The molecule has 0 aliphatic rings. The number of nitriles is 1. The number of anilines is 3. The van der Waals surface area contributed by atoms with E-state index in [0.717, 1.165) is 11.3 Å². The Morgan fingerprint density at radius 2 is 1.98 bits per heavy atom. The molecule has 0 unspecified atom stereocenters. The number of H-pyrrole nitrogens is 1. The van der Waals surface area contributed by atoms with Gasteiger partial charge in [-0.25, -0.2) is 14.8 Å². The Hall–Kier alpha value is -5.36. The number of ether oxygens (including phenoxy) is 2. The second-order valence-corrected chi connectivity index (χ2v) is 11.1. The number of nitrogens with zero attached hydrogens (tertiary/aromatic N) is 3. The van der Waals surface area contributed by atoms with Gasteiger partial charge in [0.25, 0.3) is 5.91 Å². The van der Waals surface area contributed by atoms with E-state index >= 15 is 0 Å². The highest BCUT2D eigenvalue weighted by Gasteiger charge is 2.28. The van der Waals surface area contributed by atoms with Gasteiger partial charge in [-0.05, 0) is 38.5 Å². The molecule has 218 valence electrons. The minimum Gasteiger partial charge on any atom is -0.495 e. The summed E-state index contributed by atoms with van der Waals surface area (Å²) in [7, 11) is 1.42. The molecule has 0 aliphatic heterocycles. The number of carbonyl (C=O) groups is 3. The second-order valence-electron chi connectivity index (χ2n) is 10.1. The number of nitrogens with two attached hydrogens (primary N) is 3. The third-order valence-electron chi connectivity index (χ3n) is 5.96. The highest BCUT2D eigenvalue weighted by molar-refractivity contribution is 7.21. The van der Waals surface area contributed by atoms with Gasteiger partial charge in [0.15, 0.2) is 0 Å². The number of methoxy groups -OCH3 is 1. The molecule has 0 saturated heterocycles. The van der Waals surface area contributed by atoms with E-state index in [2.05, 4.69) is 25.6 Å². The molecule has 3 amide bonds. The lowest BCUT2D eigenvalue weighted by molar-refractivity contribution is -0.118. The van der Waals surface area contributed by atoms with Crippen molar-refractivity contribution in [1.82, 2.24) is 20.3 Å². The summed E-state index contributed by atoms with van der Waals surface area (Å²) in [5.74, 6) is -1.12. The predicted octanol–water partition coefficient (Wildman–Crippen LogP) is 2.90. The maximum absolute atomic E-state index is 13.6. The quantitative estimate of drug-likeness (QED) is 0.175. The summed E-state index contributed by atoms with van der Waals surface area (Å²) in [4.78, 5) is 49.7. The van der Waals surface area contributed by atoms with Crippen LogP contribution in [0.1, 0.15) is 41.7 Å². The van der Waals surface area contributed by atoms with Crippen LogP contribution in [0.3, 0.4) is 0 Å². The fraction of sp³-hybridized carbons (Fsp3) is 0.259. The van der Waals surface area contributed by atoms with Crippen molar-refractivity contribution in [2.45, 2.75) is 38.8 Å². The number of benzene rings is 1. The number of pyridine rings is 1. The zero-order valence-corrected chi connectivity index (χ0v) is 24.0. The molecular weight excluding hydrogens is 562 g/mol. The first kappa shape index (κ1) is 29.6. The molecule has 14 nitrogen and oxygen atoms in total. The zero-order valence-electron chi connectivity index (χ0n) is 23.2. The number of hydrogen-bond donors (Lipinski definition) is 6. The molecule has 0 radical (unpaired) electrons. The lowest BCUT2D eigenvalue weighted by atomic mass is 9.96. The fourth-order valence-electron chi connectivity index (χ4n) is 4.21.